The molecule has 0 radical (unpaired) electrons. The van der Waals surface area contributed by atoms with Crippen LogP contribution in [0.15, 0.2) is 35.1 Å². The molecule has 0 spiro atoms. The van der Waals surface area contributed by atoms with Crippen molar-refractivity contribution in [3.8, 4) is 0 Å². The van der Waals surface area contributed by atoms with E-state index in [0.717, 1.165) is 25.9 Å². The van der Waals surface area contributed by atoms with E-state index in [-0.39, 0.29) is 11.8 Å². The summed E-state index contributed by atoms with van der Waals surface area (Å²) in [6, 6.07) is 5.00. The minimum atomic E-state index is -0.142. The van der Waals surface area contributed by atoms with Crippen molar-refractivity contribution < 1.29 is 14.0 Å². The van der Waals surface area contributed by atoms with Crippen LogP contribution < -0.4 is 4.90 Å². The number of nitrogens with zero attached hydrogens (tertiary/aromatic N) is 5. The average Bonchev–Trinajstić information content (AvgIpc) is 3.28. The number of hydrogen-bond donors (Lipinski definition) is 0. The molecule has 2 aromatic heterocycles. The van der Waals surface area contributed by atoms with Crippen LogP contribution >= 0.6 is 0 Å². The summed E-state index contributed by atoms with van der Waals surface area (Å²) < 4.78 is 5.17. The monoisotopic (exact) mass is 385 g/mol. The number of furan rings is 1. The van der Waals surface area contributed by atoms with Crippen molar-refractivity contribution in [2.45, 2.75) is 26.7 Å². The highest BCUT2D eigenvalue weighted by molar-refractivity contribution is 5.93. The van der Waals surface area contributed by atoms with Gasteiger partial charge in [0, 0.05) is 45.5 Å². The molecule has 0 N–H and O–H groups in total. The van der Waals surface area contributed by atoms with Crippen molar-refractivity contribution in [2.75, 3.05) is 44.2 Å². The number of carbonyl (C=O) groups is 2. The summed E-state index contributed by atoms with van der Waals surface area (Å²) in [7, 11) is 0. The van der Waals surface area contributed by atoms with Gasteiger partial charge in [0.2, 0.25) is 5.95 Å². The molecule has 150 valence electrons. The van der Waals surface area contributed by atoms with E-state index in [1.54, 1.807) is 34.2 Å². The molecule has 2 amide bonds. The number of aromatic nitrogens is 2. The molecule has 2 aromatic rings. The first-order valence-corrected chi connectivity index (χ1v) is 9.84. The van der Waals surface area contributed by atoms with Gasteiger partial charge in [0.05, 0.1) is 6.26 Å². The van der Waals surface area contributed by atoms with E-state index in [1.165, 1.54) is 6.26 Å². The number of piperazine rings is 1. The lowest BCUT2D eigenvalue weighted by atomic mass is 10.2. The molecule has 3 heterocycles. The van der Waals surface area contributed by atoms with Crippen LogP contribution in [0.4, 0.5) is 5.95 Å². The summed E-state index contributed by atoms with van der Waals surface area (Å²) in [5.74, 6) is 0.659. The average molecular weight is 385 g/mol. The lowest BCUT2D eigenvalue weighted by Gasteiger charge is -2.34. The lowest BCUT2D eigenvalue weighted by Crippen LogP contribution is -2.50. The zero-order valence-corrected chi connectivity index (χ0v) is 16.5. The van der Waals surface area contributed by atoms with Crippen molar-refractivity contribution in [1.82, 2.24) is 19.8 Å². The van der Waals surface area contributed by atoms with Crippen LogP contribution in [0.25, 0.3) is 0 Å². The quantitative estimate of drug-likeness (QED) is 0.727. The topological polar surface area (TPSA) is 82.8 Å². The summed E-state index contributed by atoms with van der Waals surface area (Å²) in [4.78, 5) is 39.7. The maximum atomic E-state index is 12.9. The first kappa shape index (κ1) is 19.9. The number of carbonyl (C=O) groups excluding carboxylic acids is 2. The van der Waals surface area contributed by atoms with Crippen molar-refractivity contribution in [3.05, 3.63) is 42.1 Å². The van der Waals surface area contributed by atoms with Gasteiger partial charge in [-0.05, 0) is 31.0 Å². The molecule has 0 aliphatic carbocycles. The second kappa shape index (κ2) is 9.34. The molecule has 3 rings (SSSR count). The van der Waals surface area contributed by atoms with Gasteiger partial charge in [-0.25, -0.2) is 9.97 Å². The molecular formula is C20H27N5O3. The van der Waals surface area contributed by atoms with Crippen molar-refractivity contribution >= 4 is 17.8 Å². The highest BCUT2D eigenvalue weighted by Gasteiger charge is 2.27. The maximum Gasteiger partial charge on any atom is 0.289 e. The SMILES string of the molecule is CCCN(CCC)c1nccc(C(=O)N2CCN(C(=O)c3ccco3)CC2)n1. The Balaban J connectivity index is 1.63. The Morgan fingerprint density at radius 1 is 1.04 bits per heavy atom. The van der Waals surface area contributed by atoms with Gasteiger partial charge in [-0.1, -0.05) is 13.8 Å². The molecule has 0 bridgehead atoms. The van der Waals surface area contributed by atoms with E-state index in [1.807, 2.05) is 0 Å². The van der Waals surface area contributed by atoms with E-state index in [9.17, 15) is 9.59 Å². The predicted octanol–water partition coefficient (Wildman–Crippen LogP) is 2.29. The third kappa shape index (κ3) is 4.49. The smallest absolute Gasteiger partial charge is 0.289 e. The zero-order chi connectivity index (χ0) is 19.9. The van der Waals surface area contributed by atoms with E-state index in [4.69, 9.17) is 4.42 Å². The third-order valence-corrected chi connectivity index (χ3v) is 4.72. The molecule has 28 heavy (non-hydrogen) atoms. The Labute approximate surface area is 165 Å². The van der Waals surface area contributed by atoms with Crippen molar-refractivity contribution in [2.24, 2.45) is 0 Å². The van der Waals surface area contributed by atoms with Gasteiger partial charge in [0.25, 0.3) is 11.8 Å². The Morgan fingerprint density at radius 2 is 1.68 bits per heavy atom. The van der Waals surface area contributed by atoms with Crippen LogP contribution in [-0.4, -0.2) is 70.9 Å². The molecule has 8 nitrogen and oxygen atoms in total. The zero-order valence-electron chi connectivity index (χ0n) is 16.5. The van der Waals surface area contributed by atoms with Crippen LogP contribution in [-0.2, 0) is 0 Å². The molecule has 0 aromatic carbocycles. The maximum absolute atomic E-state index is 12.9. The second-order valence-electron chi connectivity index (χ2n) is 6.79. The van der Waals surface area contributed by atoms with Crippen LogP contribution in [0, 0.1) is 0 Å². The van der Waals surface area contributed by atoms with Gasteiger partial charge < -0.3 is 19.1 Å². The second-order valence-corrected chi connectivity index (χ2v) is 6.79. The summed E-state index contributed by atoms with van der Waals surface area (Å²) in [6.45, 7) is 7.83. The fourth-order valence-electron chi connectivity index (χ4n) is 3.30. The Hall–Kier alpha value is -2.90. The van der Waals surface area contributed by atoms with Crippen LogP contribution in [0.2, 0.25) is 0 Å². The summed E-state index contributed by atoms with van der Waals surface area (Å²) >= 11 is 0. The number of hydrogen-bond acceptors (Lipinski definition) is 6. The van der Waals surface area contributed by atoms with Crippen molar-refractivity contribution in [1.29, 1.82) is 0 Å². The summed E-state index contributed by atoms with van der Waals surface area (Å²) in [5.41, 5.74) is 0.396. The van der Waals surface area contributed by atoms with Gasteiger partial charge in [0.15, 0.2) is 5.76 Å². The number of amides is 2. The third-order valence-electron chi connectivity index (χ3n) is 4.72. The number of anilines is 1. The van der Waals surface area contributed by atoms with E-state index in [0.29, 0.717) is 43.6 Å². The minimum absolute atomic E-state index is 0.123. The fourth-order valence-corrected chi connectivity index (χ4v) is 3.30. The highest BCUT2D eigenvalue weighted by atomic mass is 16.3. The standard InChI is InChI=1S/C20H27N5O3/c1-3-9-25(10-4-2)20-21-8-7-16(22-20)18(26)23-11-13-24(14-12-23)19(27)17-6-5-15-28-17/h5-8,15H,3-4,9-14H2,1-2H3. The molecular weight excluding hydrogens is 358 g/mol. The van der Waals surface area contributed by atoms with Gasteiger partial charge in [0.1, 0.15) is 5.69 Å². The van der Waals surface area contributed by atoms with Gasteiger partial charge in [-0.15, -0.1) is 0 Å². The first-order chi connectivity index (χ1) is 13.6. The summed E-state index contributed by atoms with van der Waals surface area (Å²) in [6.07, 6.45) is 5.12. The van der Waals surface area contributed by atoms with Crippen LogP contribution in [0.1, 0.15) is 47.7 Å². The van der Waals surface area contributed by atoms with E-state index < -0.39 is 0 Å². The van der Waals surface area contributed by atoms with Gasteiger partial charge >= 0.3 is 0 Å². The Morgan fingerprint density at radius 3 is 2.25 bits per heavy atom. The lowest BCUT2D eigenvalue weighted by molar-refractivity contribution is 0.0515. The Bertz CT molecular complexity index is 779. The minimum Gasteiger partial charge on any atom is -0.459 e. The number of rotatable bonds is 7. The molecule has 1 aliphatic heterocycles. The first-order valence-electron chi connectivity index (χ1n) is 9.84. The van der Waals surface area contributed by atoms with Crippen molar-refractivity contribution in [3.63, 3.8) is 0 Å². The molecule has 0 atom stereocenters. The molecule has 1 aliphatic rings. The Kier molecular flexibility index (Phi) is 6.62. The largest absolute Gasteiger partial charge is 0.459 e. The van der Waals surface area contributed by atoms with E-state index >= 15 is 0 Å². The van der Waals surface area contributed by atoms with E-state index in [2.05, 4.69) is 28.7 Å². The fraction of sp³-hybridized carbons (Fsp3) is 0.500. The van der Waals surface area contributed by atoms with Crippen LogP contribution in [0.3, 0.4) is 0 Å². The molecule has 1 saturated heterocycles. The highest BCUT2D eigenvalue weighted by Crippen LogP contribution is 2.14. The van der Waals surface area contributed by atoms with Gasteiger partial charge in [-0.3, -0.25) is 9.59 Å². The molecule has 0 saturated carbocycles. The van der Waals surface area contributed by atoms with Gasteiger partial charge in [-0.2, -0.15) is 0 Å². The summed E-state index contributed by atoms with van der Waals surface area (Å²) in [5, 5.41) is 0. The normalized spacial score (nSPS) is 14.2. The molecule has 8 heteroatoms. The predicted molar refractivity (Wildman–Crippen MR) is 105 cm³/mol. The van der Waals surface area contributed by atoms with Crippen LogP contribution in [0.5, 0.6) is 0 Å². The molecule has 1 fully saturated rings. The molecule has 0 unspecified atom stereocenters.